The molecule has 1 fully saturated rings. The maximum absolute atomic E-state index is 13.6. The standard InChI is InChI=1S/C27H34N2O4S/c1-20-16-29(21(2)19-30)34(31,32)27-14-13-23(10-9-22-7-5-4-6-8-22)15-25(27)33-26(20)18-28(3)17-24-11-12-24/h4-8,13-15,20-21,24,26,30H,11-12,16-19H2,1-3H3/t20-,21+,26-/m0/s1. The molecule has 7 heteroatoms. The number of nitrogens with zero attached hydrogens (tertiary/aromatic N) is 2. The van der Waals surface area contributed by atoms with Crippen LogP contribution in [0.2, 0.25) is 0 Å². The largest absolute Gasteiger partial charge is 0.487 e. The van der Waals surface area contributed by atoms with Gasteiger partial charge in [-0.3, -0.25) is 0 Å². The first-order chi connectivity index (χ1) is 16.3. The van der Waals surface area contributed by atoms with Gasteiger partial charge in [-0.05, 0) is 63.1 Å². The van der Waals surface area contributed by atoms with E-state index in [-0.39, 0.29) is 23.5 Å². The number of aliphatic hydroxyl groups excluding tert-OH is 1. The summed E-state index contributed by atoms with van der Waals surface area (Å²) in [5.41, 5.74) is 1.58. The summed E-state index contributed by atoms with van der Waals surface area (Å²) in [6, 6.07) is 14.2. The lowest BCUT2D eigenvalue weighted by atomic mass is 10.0. The van der Waals surface area contributed by atoms with Crippen molar-refractivity contribution in [1.29, 1.82) is 0 Å². The molecule has 1 aliphatic heterocycles. The second-order valence-corrected chi connectivity index (χ2v) is 11.5. The number of benzene rings is 2. The Bertz CT molecular complexity index is 1150. The maximum Gasteiger partial charge on any atom is 0.247 e. The van der Waals surface area contributed by atoms with E-state index < -0.39 is 16.1 Å². The number of aliphatic hydroxyl groups is 1. The topological polar surface area (TPSA) is 70.1 Å². The molecule has 34 heavy (non-hydrogen) atoms. The highest BCUT2D eigenvalue weighted by Crippen LogP contribution is 2.35. The Morgan fingerprint density at radius 1 is 1.12 bits per heavy atom. The van der Waals surface area contributed by atoms with Gasteiger partial charge in [-0.15, -0.1) is 0 Å². The van der Waals surface area contributed by atoms with E-state index in [1.54, 1.807) is 25.1 Å². The molecule has 3 atom stereocenters. The number of ether oxygens (including phenoxy) is 1. The summed E-state index contributed by atoms with van der Waals surface area (Å²) in [7, 11) is -1.75. The zero-order valence-electron chi connectivity index (χ0n) is 20.1. The Morgan fingerprint density at radius 3 is 2.50 bits per heavy atom. The summed E-state index contributed by atoms with van der Waals surface area (Å²) in [6.45, 7) is 5.54. The van der Waals surface area contributed by atoms with E-state index in [2.05, 4.69) is 23.8 Å². The molecule has 0 spiro atoms. The molecule has 1 aliphatic carbocycles. The average Bonchev–Trinajstić information content (AvgIpc) is 3.64. The Kier molecular flexibility index (Phi) is 7.63. The van der Waals surface area contributed by atoms with Crippen molar-refractivity contribution in [3.63, 3.8) is 0 Å². The first-order valence-corrected chi connectivity index (χ1v) is 13.4. The highest BCUT2D eigenvalue weighted by Gasteiger charge is 2.38. The van der Waals surface area contributed by atoms with Gasteiger partial charge in [0.05, 0.1) is 6.61 Å². The molecule has 1 heterocycles. The molecule has 4 rings (SSSR count). The van der Waals surface area contributed by atoms with E-state index in [0.29, 0.717) is 24.4 Å². The van der Waals surface area contributed by atoms with Crippen molar-refractivity contribution in [1.82, 2.24) is 9.21 Å². The van der Waals surface area contributed by atoms with Crippen LogP contribution in [-0.2, 0) is 10.0 Å². The third-order valence-electron chi connectivity index (χ3n) is 6.55. The minimum absolute atomic E-state index is 0.0577. The van der Waals surface area contributed by atoms with Crippen molar-refractivity contribution in [2.75, 3.05) is 33.3 Å². The molecule has 182 valence electrons. The normalized spacial score (nSPS) is 23.1. The second-order valence-electron chi connectivity index (χ2n) is 9.68. The van der Waals surface area contributed by atoms with Crippen molar-refractivity contribution in [3.05, 3.63) is 59.7 Å². The Labute approximate surface area is 203 Å². The van der Waals surface area contributed by atoms with Gasteiger partial charge in [0, 0.05) is 42.7 Å². The van der Waals surface area contributed by atoms with E-state index in [9.17, 15) is 13.5 Å². The van der Waals surface area contributed by atoms with Crippen LogP contribution in [0.4, 0.5) is 0 Å². The summed E-state index contributed by atoms with van der Waals surface area (Å²) in [4.78, 5) is 2.41. The van der Waals surface area contributed by atoms with Crippen molar-refractivity contribution < 1.29 is 18.3 Å². The van der Waals surface area contributed by atoms with Crippen LogP contribution < -0.4 is 4.74 Å². The molecule has 0 radical (unpaired) electrons. The number of hydrogen-bond acceptors (Lipinski definition) is 5. The molecule has 0 amide bonds. The predicted molar refractivity (Wildman–Crippen MR) is 133 cm³/mol. The summed E-state index contributed by atoms with van der Waals surface area (Å²) in [6.07, 6.45) is 2.36. The smallest absolute Gasteiger partial charge is 0.247 e. The summed E-state index contributed by atoms with van der Waals surface area (Å²) in [5.74, 6) is 7.28. The Morgan fingerprint density at radius 2 is 1.82 bits per heavy atom. The molecule has 2 aliphatic rings. The van der Waals surface area contributed by atoms with E-state index in [4.69, 9.17) is 4.74 Å². The molecule has 0 unspecified atom stereocenters. The van der Waals surface area contributed by atoms with Gasteiger partial charge < -0.3 is 14.7 Å². The van der Waals surface area contributed by atoms with Crippen LogP contribution in [0.15, 0.2) is 53.4 Å². The van der Waals surface area contributed by atoms with Crippen molar-refractivity contribution >= 4 is 10.0 Å². The fraction of sp³-hybridized carbons (Fsp3) is 0.481. The number of hydrogen-bond donors (Lipinski definition) is 1. The van der Waals surface area contributed by atoms with Crippen LogP contribution in [0.5, 0.6) is 5.75 Å². The second kappa shape index (κ2) is 10.5. The highest BCUT2D eigenvalue weighted by atomic mass is 32.2. The number of sulfonamides is 1. The molecular weight excluding hydrogens is 448 g/mol. The van der Waals surface area contributed by atoms with Crippen LogP contribution in [0.3, 0.4) is 0 Å². The molecule has 2 aromatic rings. The average molecular weight is 483 g/mol. The van der Waals surface area contributed by atoms with Gasteiger partial charge in [0.2, 0.25) is 10.0 Å². The molecule has 6 nitrogen and oxygen atoms in total. The molecule has 0 aromatic heterocycles. The summed E-state index contributed by atoms with van der Waals surface area (Å²) in [5, 5.41) is 9.79. The van der Waals surface area contributed by atoms with Crippen LogP contribution >= 0.6 is 0 Å². The summed E-state index contributed by atoms with van der Waals surface area (Å²) < 4.78 is 35.0. The van der Waals surface area contributed by atoms with E-state index >= 15 is 0 Å². The first kappa shape index (κ1) is 24.7. The Hall–Kier alpha value is -2.37. The fourth-order valence-electron chi connectivity index (χ4n) is 4.31. The minimum atomic E-state index is -3.85. The van der Waals surface area contributed by atoms with Gasteiger partial charge in [0.15, 0.2) is 0 Å². The van der Waals surface area contributed by atoms with Crippen molar-refractivity contribution in [2.24, 2.45) is 11.8 Å². The van der Waals surface area contributed by atoms with Gasteiger partial charge in [-0.2, -0.15) is 4.31 Å². The van der Waals surface area contributed by atoms with E-state index in [1.165, 1.54) is 17.1 Å². The predicted octanol–water partition coefficient (Wildman–Crippen LogP) is 3.20. The monoisotopic (exact) mass is 482 g/mol. The minimum Gasteiger partial charge on any atom is -0.487 e. The van der Waals surface area contributed by atoms with E-state index in [1.807, 2.05) is 37.3 Å². The Balaban J connectivity index is 1.71. The number of fused-ring (bicyclic) bond motifs is 1. The lowest BCUT2D eigenvalue weighted by Crippen LogP contribution is -2.49. The molecule has 0 bridgehead atoms. The lowest BCUT2D eigenvalue weighted by Gasteiger charge is -2.37. The molecule has 2 aromatic carbocycles. The third-order valence-corrected chi connectivity index (χ3v) is 8.57. The molecular formula is C27H34N2O4S. The third kappa shape index (κ3) is 5.81. The van der Waals surface area contributed by atoms with Crippen LogP contribution in [0.25, 0.3) is 0 Å². The van der Waals surface area contributed by atoms with Gasteiger partial charge in [0.25, 0.3) is 0 Å². The van der Waals surface area contributed by atoms with Crippen molar-refractivity contribution in [3.8, 4) is 17.6 Å². The quantitative estimate of drug-likeness (QED) is 0.641. The number of rotatable bonds is 6. The molecule has 1 N–H and O–H groups in total. The maximum atomic E-state index is 13.6. The number of likely N-dealkylation sites (N-methyl/N-ethyl adjacent to an activating group) is 1. The van der Waals surface area contributed by atoms with Crippen molar-refractivity contribution in [2.45, 2.75) is 43.7 Å². The molecule has 0 saturated heterocycles. The van der Waals surface area contributed by atoms with Gasteiger partial charge in [0.1, 0.15) is 16.7 Å². The van der Waals surface area contributed by atoms with Crippen LogP contribution in [-0.4, -0.2) is 68.2 Å². The van der Waals surface area contributed by atoms with Crippen LogP contribution in [0, 0.1) is 23.7 Å². The highest BCUT2D eigenvalue weighted by molar-refractivity contribution is 7.89. The molecule has 1 saturated carbocycles. The zero-order valence-corrected chi connectivity index (χ0v) is 21.0. The summed E-state index contributed by atoms with van der Waals surface area (Å²) >= 11 is 0. The van der Waals surface area contributed by atoms with Gasteiger partial charge in [-0.1, -0.05) is 37.0 Å². The van der Waals surface area contributed by atoms with Gasteiger partial charge in [-0.25, -0.2) is 8.42 Å². The van der Waals surface area contributed by atoms with E-state index in [0.717, 1.165) is 18.0 Å². The zero-order chi connectivity index (χ0) is 24.3. The van der Waals surface area contributed by atoms with Gasteiger partial charge >= 0.3 is 0 Å². The van der Waals surface area contributed by atoms with Crippen LogP contribution in [0.1, 0.15) is 37.8 Å². The SMILES string of the molecule is C[C@H](CO)N1C[C@H](C)[C@H](CN(C)CC2CC2)Oc2cc(C#Cc3ccccc3)ccc2S1(=O)=O. The fourth-order valence-corrected chi connectivity index (χ4v) is 6.14. The lowest BCUT2D eigenvalue weighted by molar-refractivity contribution is 0.0740. The first-order valence-electron chi connectivity index (χ1n) is 12.0.